The number of hydrogen-bond donors (Lipinski definition) is 1. The van der Waals surface area contributed by atoms with Gasteiger partial charge in [-0.05, 0) is 36.3 Å². The first kappa shape index (κ1) is 23.0. The summed E-state index contributed by atoms with van der Waals surface area (Å²) >= 11 is 0. The molecule has 2 aromatic heterocycles. The molecule has 0 saturated heterocycles. The number of ether oxygens (including phenoxy) is 2. The summed E-state index contributed by atoms with van der Waals surface area (Å²) in [6.07, 6.45) is 7.35. The van der Waals surface area contributed by atoms with E-state index >= 15 is 0 Å². The van der Waals surface area contributed by atoms with E-state index in [2.05, 4.69) is 41.2 Å². The molecular formula is C24H29N5O3. The molecule has 0 saturated carbocycles. The molecule has 2 heterocycles. The van der Waals surface area contributed by atoms with Gasteiger partial charge >= 0.3 is 0 Å². The van der Waals surface area contributed by atoms with Crippen LogP contribution in [-0.2, 0) is 10.2 Å². The molecule has 168 valence electrons. The Morgan fingerprint density at radius 1 is 1.16 bits per heavy atom. The van der Waals surface area contributed by atoms with Gasteiger partial charge < -0.3 is 14.8 Å². The highest BCUT2D eigenvalue weighted by molar-refractivity contribution is 6.01. The van der Waals surface area contributed by atoms with Gasteiger partial charge in [-0.15, -0.1) is 0 Å². The van der Waals surface area contributed by atoms with Crippen LogP contribution >= 0.6 is 0 Å². The zero-order valence-corrected chi connectivity index (χ0v) is 19.1. The third kappa shape index (κ3) is 5.72. The Morgan fingerprint density at radius 2 is 1.91 bits per heavy atom. The lowest BCUT2D eigenvalue weighted by molar-refractivity contribution is -0.111. The van der Waals surface area contributed by atoms with Crippen LogP contribution in [0.5, 0.6) is 11.5 Å². The molecule has 3 aromatic rings. The summed E-state index contributed by atoms with van der Waals surface area (Å²) in [7, 11) is 1.59. The molecule has 0 fully saturated rings. The zero-order chi connectivity index (χ0) is 23.1. The summed E-state index contributed by atoms with van der Waals surface area (Å²) in [4.78, 5) is 21.2. The van der Waals surface area contributed by atoms with Crippen LogP contribution in [0.15, 0.2) is 48.8 Å². The molecule has 0 aliphatic rings. The number of nitrogens with zero attached hydrogens (tertiary/aromatic N) is 4. The van der Waals surface area contributed by atoms with Crippen LogP contribution < -0.4 is 14.8 Å². The van der Waals surface area contributed by atoms with E-state index in [0.29, 0.717) is 29.9 Å². The summed E-state index contributed by atoms with van der Waals surface area (Å²) in [6.45, 7) is 8.82. The normalized spacial score (nSPS) is 11.5. The minimum absolute atomic E-state index is 0.201. The van der Waals surface area contributed by atoms with E-state index in [1.807, 2.05) is 31.2 Å². The molecule has 1 N–H and O–H groups in total. The zero-order valence-electron chi connectivity index (χ0n) is 19.1. The Hall–Kier alpha value is -3.68. The molecule has 3 rings (SSSR count). The van der Waals surface area contributed by atoms with Crippen LogP contribution in [-0.4, -0.2) is 39.4 Å². The lowest BCUT2D eigenvalue weighted by Crippen LogP contribution is -2.14. The Balaban J connectivity index is 1.80. The molecule has 1 aromatic carbocycles. The minimum Gasteiger partial charge on any atom is -0.493 e. The summed E-state index contributed by atoms with van der Waals surface area (Å²) in [5, 5.41) is 7.48. The summed E-state index contributed by atoms with van der Waals surface area (Å²) in [5.41, 5.74) is 1.43. The van der Waals surface area contributed by atoms with Crippen LogP contribution in [0.1, 0.15) is 45.4 Å². The van der Waals surface area contributed by atoms with Crippen molar-refractivity contribution in [1.29, 1.82) is 0 Å². The van der Waals surface area contributed by atoms with Crippen molar-refractivity contribution in [3.05, 3.63) is 60.1 Å². The number of anilines is 1. The molecule has 8 nitrogen and oxygen atoms in total. The van der Waals surface area contributed by atoms with Crippen molar-refractivity contribution >= 4 is 17.8 Å². The molecule has 0 spiro atoms. The maximum atomic E-state index is 12.7. The highest BCUT2D eigenvalue weighted by Gasteiger charge is 2.22. The van der Waals surface area contributed by atoms with Crippen LogP contribution in [0.2, 0.25) is 0 Å². The number of carbonyl (C=O) groups is 1. The largest absolute Gasteiger partial charge is 0.493 e. The second-order valence-electron chi connectivity index (χ2n) is 8.21. The number of methoxy groups -OCH3 is 1. The van der Waals surface area contributed by atoms with Gasteiger partial charge in [0, 0.05) is 30.0 Å². The fourth-order valence-electron chi connectivity index (χ4n) is 2.85. The number of aromatic nitrogens is 4. The third-order valence-corrected chi connectivity index (χ3v) is 4.55. The van der Waals surface area contributed by atoms with Crippen LogP contribution in [0, 0.1) is 0 Å². The SMILES string of the molecule is CCCOc1ccc(/C=C/C(=O)Nc2cc(C(C)(C)C)nn2-c2ncccn2)cc1OC. The van der Waals surface area contributed by atoms with Gasteiger partial charge in [0.25, 0.3) is 5.95 Å². The molecule has 0 aliphatic carbocycles. The summed E-state index contributed by atoms with van der Waals surface area (Å²) in [6, 6.07) is 9.10. The van der Waals surface area contributed by atoms with Gasteiger partial charge in [-0.3, -0.25) is 4.79 Å². The van der Waals surface area contributed by atoms with Gasteiger partial charge in [0.05, 0.1) is 19.4 Å². The van der Waals surface area contributed by atoms with Gasteiger partial charge in [0.15, 0.2) is 11.5 Å². The fourth-order valence-corrected chi connectivity index (χ4v) is 2.85. The average Bonchev–Trinajstić information content (AvgIpc) is 3.21. The number of carbonyl (C=O) groups excluding carboxylic acids is 1. The van der Waals surface area contributed by atoms with Crippen molar-refractivity contribution in [1.82, 2.24) is 19.7 Å². The Labute approximate surface area is 188 Å². The highest BCUT2D eigenvalue weighted by Crippen LogP contribution is 2.29. The lowest BCUT2D eigenvalue weighted by Gasteiger charge is -2.13. The van der Waals surface area contributed by atoms with Crippen molar-refractivity contribution in [3.8, 4) is 17.4 Å². The number of rotatable bonds is 8. The quantitative estimate of drug-likeness (QED) is 0.527. The number of hydrogen-bond acceptors (Lipinski definition) is 6. The van der Waals surface area contributed by atoms with Crippen molar-refractivity contribution in [2.24, 2.45) is 0 Å². The number of nitrogens with one attached hydrogen (secondary N) is 1. The first-order chi connectivity index (χ1) is 15.3. The van der Waals surface area contributed by atoms with E-state index in [1.165, 1.54) is 10.8 Å². The molecule has 0 atom stereocenters. The van der Waals surface area contributed by atoms with Gasteiger partial charge in [-0.25, -0.2) is 9.97 Å². The molecule has 0 aliphatic heterocycles. The van der Waals surface area contributed by atoms with Crippen molar-refractivity contribution in [3.63, 3.8) is 0 Å². The van der Waals surface area contributed by atoms with Crippen LogP contribution in [0.25, 0.3) is 12.0 Å². The Bertz CT molecular complexity index is 1080. The smallest absolute Gasteiger partial charge is 0.252 e. The highest BCUT2D eigenvalue weighted by atomic mass is 16.5. The second kappa shape index (κ2) is 10.1. The average molecular weight is 436 g/mol. The molecule has 0 bridgehead atoms. The van der Waals surface area contributed by atoms with Gasteiger partial charge in [-0.1, -0.05) is 33.8 Å². The minimum atomic E-state index is -0.298. The molecule has 0 unspecified atom stereocenters. The van der Waals surface area contributed by atoms with Crippen molar-refractivity contribution in [2.45, 2.75) is 39.5 Å². The second-order valence-corrected chi connectivity index (χ2v) is 8.21. The van der Waals surface area contributed by atoms with E-state index in [0.717, 1.165) is 17.7 Å². The standard InChI is InChI=1S/C24H29N5O3/c1-6-14-32-18-10-8-17(15-19(18)31-5)9-11-22(30)27-21-16-20(24(2,3)4)28-29(21)23-25-12-7-13-26-23/h7-13,15-16H,6,14H2,1-5H3,(H,27,30)/b11-9+. The first-order valence-corrected chi connectivity index (χ1v) is 10.5. The van der Waals surface area contributed by atoms with Crippen LogP contribution in [0.3, 0.4) is 0 Å². The monoisotopic (exact) mass is 435 g/mol. The predicted octanol–water partition coefficient (Wildman–Crippen LogP) is 4.41. The summed E-state index contributed by atoms with van der Waals surface area (Å²) in [5.74, 6) is 1.88. The fraction of sp³-hybridized carbons (Fsp3) is 0.333. The van der Waals surface area contributed by atoms with E-state index in [1.54, 1.807) is 31.6 Å². The van der Waals surface area contributed by atoms with Gasteiger partial charge in [-0.2, -0.15) is 9.78 Å². The Morgan fingerprint density at radius 3 is 2.56 bits per heavy atom. The Kier molecular flexibility index (Phi) is 7.25. The van der Waals surface area contributed by atoms with E-state index in [4.69, 9.17) is 9.47 Å². The molecule has 0 radical (unpaired) electrons. The van der Waals surface area contributed by atoms with Crippen molar-refractivity contribution < 1.29 is 14.3 Å². The van der Waals surface area contributed by atoms with Crippen LogP contribution in [0.4, 0.5) is 5.82 Å². The lowest BCUT2D eigenvalue weighted by atomic mass is 9.92. The summed E-state index contributed by atoms with van der Waals surface area (Å²) < 4.78 is 12.6. The molecule has 1 amide bonds. The van der Waals surface area contributed by atoms with Crippen molar-refractivity contribution in [2.75, 3.05) is 19.0 Å². The van der Waals surface area contributed by atoms with E-state index in [9.17, 15) is 4.79 Å². The van der Waals surface area contributed by atoms with Gasteiger partial charge in [0.1, 0.15) is 5.82 Å². The first-order valence-electron chi connectivity index (χ1n) is 10.5. The van der Waals surface area contributed by atoms with E-state index < -0.39 is 0 Å². The van der Waals surface area contributed by atoms with Gasteiger partial charge in [0.2, 0.25) is 5.91 Å². The van der Waals surface area contributed by atoms with E-state index in [-0.39, 0.29) is 11.3 Å². The number of benzene rings is 1. The molecular weight excluding hydrogens is 406 g/mol. The molecule has 32 heavy (non-hydrogen) atoms. The topological polar surface area (TPSA) is 91.2 Å². The predicted molar refractivity (Wildman–Crippen MR) is 124 cm³/mol. The maximum absolute atomic E-state index is 12.7. The third-order valence-electron chi connectivity index (χ3n) is 4.55. The maximum Gasteiger partial charge on any atom is 0.252 e. The molecule has 8 heteroatoms. The number of amides is 1.